The number of hydrogen-bond donors (Lipinski definition) is 1. The normalized spacial score (nSPS) is 25.3. The number of aromatic nitrogens is 2. The third kappa shape index (κ3) is 2.37. The summed E-state index contributed by atoms with van der Waals surface area (Å²) in [6.07, 6.45) is 2.33. The molecule has 0 amide bonds. The molecule has 1 aromatic heterocycles. The predicted molar refractivity (Wildman–Crippen MR) is 72.3 cm³/mol. The van der Waals surface area contributed by atoms with Gasteiger partial charge in [0.05, 0.1) is 16.8 Å². The minimum atomic E-state index is -0.0587. The molecule has 2 heterocycles. The molecule has 1 saturated heterocycles. The summed E-state index contributed by atoms with van der Waals surface area (Å²) in [6.45, 7) is 2.50. The maximum absolute atomic E-state index is 5.96. The van der Waals surface area contributed by atoms with Crippen molar-refractivity contribution < 1.29 is 4.74 Å². The highest BCUT2D eigenvalue weighted by Crippen LogP contribution is 2.43. The molecule has 3 rings (SSSR count). The van der Waals surface area contributed by atoms with Crippen LogP contribution in [0, 0.1) is 0 Å². The summed E-state index contributed by atoms with van der Waals surface area (Å²) < 4.78 is 6.61. The van der Waals surface area contributed by atoms with Crippen LogP contribution in [0.5, 0.6) is 0 Å². The van der Waals surface area contributed by atoms with Crippen molar-refractivity contribution in [2.45, 2.75) is 24.9 Å². The van der Waals surface area contributed by atoms with Crippen LogP contribution in [-0.2, 0) is 4.74 Å². The van der Waals surface area contributed by atoms with Crippen molar-refractivity contribution in [1.29, 1.82) is 0 Å². The Bertz CT molecular complexity index is 464. The van der Waals surface area contributed by atoms with Crippen LogP contribution in [0.1, 0.15) is 36.4 Å². The van der Waals surface area contributed by atoms with Crippen LogP contribution in [0.4, 0.5) is 5.82 Å². The Morgan fingerprint density at radius 1 is 1.39 bits per heavy atom. The highest BCUT2D eigenvalue weighted by molar-refractivity contribution is 9.10. The largest absolute Gasteiger partial charge is 0.383 e. The van der Waals surface area contributed by atoms with Crippen LogP contribution in [0.15, 0.2) is 4.47 Å². The number of morpholine rings is 1. The molecule has 2 fully saturated rings. The maximum atomic E-state index is 5.96. The molecule has 0 bridgehead atoms. The van der Waals surface area contributed by atoms with Crippen molar-refractivity contribution in [2.24, 2.45) is 0 Å². The van der Waals surface area contributed by atoms with Crippen molar-refractivity contribution in [1.82, 2.24) is 14.9 Å². The van der Waals surface area contributed by atoms with E-state index in [1.165, 1.54) is 12.8 Å². The van der Waals surface area contributed by atoms with Gasteiger partial charge in [0.25, 0.3) is 0 Å². The second-order valence-electron chi connectivity index (χ2n) is 5.06. The third-order valence-corrected chi connectivity index (χ3v) is 4.25. The van der Waals surface area contributed by atoms with Crippen molar-refractivity contribution in [3.8, 4) is 0 Å². The number of ether oxygens (including phenoxy) is 1. The van der Waals surface area contributed by atoms with Gasteiger partial charge in [0.1, 0.15) is 11.9 Å². The van der Waals surface area contributed by atoms with E-state index in [0.717, 1.165) is 35.7 Å². The Labute approximate surface area is 115 Å². The number of hydrogen-bond acceptors (Lipinski definition) is 5. The summed E-state index contributed by atoms with van der Waals surface area (Å²) in [4.78, 5) is 11.3. The van der Waals surface area contributed by atoms with E-state index in [0.29, 0.717) is 11.7 Å². The lowest BCUT2D eigenvalue weighted by Gasteiger charge is -2.29. The third-order valence-electron chi connectivity index (χ3n) is 3.44. The molecule has 1 aliphatic carbocycles. The second kappa shape index (κ2) is 4.75. The number of nitrogens with zero attached hydrogens (tertiary/aromatic N) is 3. The highest BCUT2D eigenvalue weighted by Gasteiger charge is 2.31. The van der Waals surface area contributed by atoms with E-state index >= 15 is 0 Å². The van der Waals surface area contributed by atoms with Crippen LogP contribution in [0.25, 0.3) is 0 Å². The molecule has 5 nitrogen and oxygen atoms in total. The maximum Gasteiger partial charge on any atom is 0.161 e. The number of likely N-dealkylation sites (N-methyl/N-ethyl adjacent to an activating group) is 1. The monoisotopic (exact) mass is 312 g/mol. The summed E-state index contributed by atoms with van der Waals surface area (Å²) >= 11 is 3.49. The number of rotatable bonds is 2. The van der Waals surface area contributed by atoms with E-state index < -0.39 is 0 Å². The summed E-state index contributed by atoms with van der Waals surface area (Å²) in [5.74, 6) is 1.80. The Balaban J connectivity index is 1.91. The fourth-order valence-corrected chi connectivity index (χ4v) is 2.71. The quantitative estimate of drug-likeness (QED) is 0.900. The lowest BCUT2D eigenvalue weighted by atomic mass is 10.2. The highest BCUT2D eigenvalue weighted by atomic mass is 79.9. The zero-order valence-corrected chi connectivity index (χ0v) is 12.0. The number of nitrogens with two attached hydrogens (primary N) is 1. The molecule has 0 aromatic carbocycles. The Morgan fingerprint density at radius 3 is 2.83 bits per heavy atom. The molecule has 1 saturated carbocycles. The van der Waals surface area contributed by atoms with Gasteiger partial charge in [0.15, 0.2) is 5.82 Å². The van der Waals surface area contributed by atoms with E-state index in [4.69, 9.17) is 10.5 Å². The first-order chi connectivity index (χ1) is 8.65. The summed E-state index contributed by atoms with van der Waals surface area (Å²) in [5.41, 5.74) is 7.01. The fourth-order valence-electron chi connectivity index (χ4n) is 2.21. The zero-order chi connectivity index (χ0) is 12.7. The van der Waals surface area contributed by atoms with Gasteiger partial charge in [0, 0.05) is 19.0 Å². The molecular formula is C12H17BrN4O. The SMILES string of the molecule is CN1CCOC(c2nc(N)c(Br)c(C3CC3)n2)C1. The first-order valence-corrected chi connectivity index (χ1v) is 7.07. The van der Waals surface area contributed by atoms with Crippen molar-refractivity contribution in [3.63, 3.8) is 0 Å². The average Bonchev–Trinajstić information content (AvgIpc) is 3.16. The molecular weight excluding hydrogens is 296 g/mol. The van der Waals surface area contributed by atoms with E-state index in [-0.39, 0.29) is 6.10 Å². The minimum absolute atomic E-state index is 0.0587. The van der Waals surface area contributed by atoms with E-state index in [9.17, 15) is 0 Å². The standard InChI is InChI=1S/C12H17BrN4O/c1-17-4-5-18-8(6-17)12-15-10(7-2-3-7)9(13)11(14)16-12/h7-8H,2-6H2,1H3,(H2,14,15,16). The zero-order valence-electron chi connectivity index (χ0n) is 10.4. The van der Waals surface area contributed by atoms with Gasteiger partial charge >= 0.3 is 0 Å². The van der Waals surface area contributed by atoms with Gasteiger partial charge in [-0.1, -0.05) is 0 Å². The van der Waals surface area contributed by atoms with Gasteiger partial charge in [-0.15, -0.1) is 0 Å². The van der Waals surface area contributed by atoms with Crippen molar-refractivity contribution in [3.05, 3.63) is 16.0 Å². The smallest absolute Gasteiger partial charge is 0.161 e. The minimum Gasteiger partial charge on any atom is -0.383 e. The molecule has 2 aliphatic rings. The average molecular weight is 313 g/mol. The first-order valence-electron chi connectivity index (χ1n) is 6.28. The van der Waals surface area contributed by atoms with Crippen LogP contribution < -0.4 is 5.73 Å². The Morgan fingerprint density at radius 2 is 2.17 bits per heavy atom. The first kappa shape index (κ1) is 12.3. The van der Waals surface area contributed by atoms with E-state index in [2.05, 4.69) is 37.8 Å². The van der Waals surface area contributed by atoms with Crippen LogP contribution >= 0.6 is 15.9 Å². The molecule has 0 radical (unpaired) electrons. The van der Waals surface area contributed by atoms with Gasteiger partial charge in [-0.25, -0.2) is 9.97 Å². The van der Waals surface area contributed by atoms with Gasteiger partial charge < -0.3 is 15.4 Å². The van der Waals surface area contributed by atoms with Gasteiger partial charge in [0.2, 0.25) is 0 Å². The topological polar surface area (TPSA) is 64.3 Å². The lowest BCUT2D eigenvalue weighted by molar-refractivity contribution is -0.0255. The number of nitrogen functional groups attached to an aromatic ring is 1. The molecule has 0 spiro atoms. The molecule has 1 unspecified atom stereocenters. The molecule has 98 valence electrons. The molecule has 1 atom stereocenters. The summed E-state index contributed by atoms with van der Waals surface area (Å²) in [5, 5.41) is 0. The van der Waals surface area contributed by atoms with E-state index in [1.807, 2.05) is 0 Å². The predicted octanol–water partition coefficient (Wildman–Crippen LogP) is 1.70. The molecule has 2 N–H and O–H groups in total. The van der Waals surface area contributed by atoms with Crippen molar-refractivity contribution in [2.75, 3.05) is 32.5 Å². The number of anilines is 1. The second-order valence-corrected chi connectivity index (χ2v) is 5.86. The van der Waals surface area contributed by atoms with Gasteiger partial charge in [-0.05, 0) is 35.8 Å². The summed E-state index contributed by atoms with van der Waals surface area (Å²) in [7, 11) is 2.08. The summed E-state index contributed by atoms with van der Waals surface area (Å²) in [6, 6.07) is 0. The molecule has 1 aliphatic heterocycles. The van der Waals surface area contributed by atoms with Crippen LogP contribution in [0.3, 0.4) is 0 Å². The Hall–Kier alpha value is -0.720. The van der Waals surface area contributed by atoms with Crippen LogP contribution in [0.2, 0.25) is 0 Å². The Kier molecular flexibility index (Phi) is 3.25. The molecule has 18 heavy (non-hydrogen) atoms. The lowest BCUT2D eigenvalue weighted by Crippen LogP contribution is -2.36. The van der Waals surface area contributed by atoms with E-state index in [1.54, 1.807) is 0 Å². The molecule has 6 heteroatoms. The van der Waals surface area contributed by atoms with Gasteiger partial charge in [-0.2, -0.15) is 0 Å². The molecule has 1 aromatic rings. The number of halogens is 1. The van der Waals surface area contributed by atoms with Crippen molar-refractivity contribution >= 4 is 21.7 Å². The van der Waals surface area contributed by atoms with Gasteiger partial charge in [-0.3, -0.25) is 0 Å². The fraction of sp³-hybridized carbons (Fsp3) is 0.667. The van der Waals surface area contributed by atoms with Crippen LogP contribution in [-0.4, -0.2) is 41.6 Å².